The van der Waals surface area contributed by atoms with Crippen molar-refractivity contribution in [3.05, 3.63) is 53.6 Å². The van der Waals surface area contributed by atoms with Crippen molar-refractivity contribution in [1.29, 1.82) is 0 Å². The fourth-order valence-corrected chi connectivity index (χ4v) is 3.13. The summed E-state index contributed by atoms with van der Waals surface area (Å²) in [6.07, 6.45) is 0. The van der Waals surface area contributed by atoms with E-state index in [2.05, 4.69) is 43.4 Å². The van der Waals surface area contributed by atoms with E-state index in [4.69, 9.17) is 14.2 Å². The lowest BCUT2D eigenvalue weighted by Crippen LogP contribution is -2.25. The second-order valence-corrected chi connectivity index (χ2v) is 6.59. The summed E-state index contributed by atoms with van der Waals surface area (Å²) in [5.74, 6) is 3.05. The van der Waals surface area contributed by atoms with Gasteiger partial charge in [-0.05, 0) is 48.2 Å². The van der Waals surface area contributed by atoms with Crippen molar-refractivity contribution in [2.45, 2.75) is 33.4 Å². The molecule has 1 aliphatic rings. The van der Waals surface area contributed by atoms with Gasteiger partial charge in [0.1, 0.15) is 19.0 Å². The minimum absolute atomic E-state index is 0.242. The van der Waals surface area contributed by atoms with Crippen LogP contribution in [0.3, 0.4) is 0 Å². The Morgan fingerprint density at radius 1 is 1.04 bits per heavy atom. The highest BCUT2D eigenvalue weighted by atomic mass is 16.6. The van der Waals surface area contributed by atoms with Crippen molar-refractivity contribution < 1.29 is 14.2 Å². The smallest absolute Gasteiger partial charge is 0.161 e. The molecule has 0 saturated carbocycles. The summed E-state index contributed by atoms with van der Waals surface area (Å²) in [7, 11) is 0. The summed E-state index contributed by atoms with van der Waals surface area (Å²) in [5.41, 5.74) is 2.44. The molecule has 0 spiro atoms. The van der Waals surface area contributed by atoms with Gasteiger partial charge >= 0.3 is 0 Å². The van der Waals surface area contributed by atoms with Crippen LogP contribution in [0.25, 0.3) is 0 Å². The number of ether oxygens (including phenoxy) is 3. The number of benzene rings is 2. The van der Waals surface area contributed by atoms with Crippen LogP contribution in [0.1, 0.15) is 37.9 Å². The standard InChI is InChI=1S/C21H27NO3/c1-4-23-18-7-5-6-16(12-18)14-22-21(15(2)3)17-8-9-19-20(13-17)25-11-10-24-19/h5-9,12-13,15,21-22H,4,10-11,14H2,1-3H3. The van der Waals surface area contributed by atoms with Crippen LogP contribution in [0.4, 0.5) is 0 Å². The highest BCUT2D eigenvalue weighted by molar-refractivity contribution is 5.44. The molecular formula is C21H27NO3. The highest BCUT2D eigenvalue weighted by Gasteiger charge is 2.19. The van der Waals surface area contributed by atoms with E-state index in [9.17, 15) is 0 Å². The van der Waals surface area contributed by atoms with Gasteiger partial charge in [0.05, 0.1) is 6.61 Å². The summed E-state index contributed by atoms with van der Waals surface area (Å²) < 4.78 is 16.9. The minimum Gasteiger partial charge on any atom is -0.494 e. The SMILES string of the molecule is CCOc1cccc(CNC(c2ccc3c(c2)OCCO3)C(C)C)c1. The molecule has 0 radical (unpaired) electrons. The molecule has 3 rings (SSSR count). The van der Waals surface area contributed by atoms with Crippen LogP contribution in [0.5, 0.6) is 17.2 Å². The first kappa shape index (κ1) is 17.6. The molecule has 2 aromatic rings. The van der Waals surface area contributed by atoms with Crippen LogP contribution in [0.2, 0.25) is 0 Å². The fourth-order valence-electron chi connectivity index (χ4n) is 3.13. The zero-order chi connectivity index (χ0) is 17.6. The minimum atomic E-state index is 0.242. The molecule has 0 bridgehead atoms. The molecule has 1 unspecified atom stereocenters. The Bertz CT molecular complexity index is 699. The molecular weight excluding hydrogens is 314 g/mol. The fraction of sp³-hybridized carbons (Fsp3) is 0.429. The number of fused-ring (bicyclic) bond motifs is 1. The van der Waals surface area contributed by atoms with Gasteiger partial charge in [0.25, 0.3) is 0 Å². The third-order valence-corrected chi connectivity index (χ3v) is 4.33. The van der Waals surface area contributed by atoms with Crippen LogP contribution in [-0.4, -0.2) is 19.8 Å². The quantitative estimate of drug-likeness (QED) is 0.813. The zero-order valence-electron chi connectivity index (χ0n) is 15.2. The first-order chi connectivity index (χ1) is 12.2. The van der Waals surface area contributed by atoms with Crippen LogP contribution >= 0.6 is 0 Å². The Labute approximate surface area is 150 Å². The van der Waals surface area contributed by atoms with Crippen LogP contribution < -0.4 is 19.5 Å². The second-order valence-electron chi connectivity index (χ2n) is 6.59. The molecule has 0 amide bonds. The summed E-state index contributed by atoms with van der Waals surface area (Å²) in [6, 6.07) is 14.7. The first-order valence-corrected chi connectivity index (χ1v) is 9.02. The molecule has 0 saturated heterocycles. The number of nitrogens with one attached hydrogen (secondary N) is 1. The van der Waals surface area contributed by atoms with Crippen molar-refractivity contribution in [2.75, 3.05) is 19.8 Å². The van der Waals surface area contributed by atoms with E-state index in [0.29, 0.717) is 25.7 Å². The molecule has 1 atom stereocenters. The average Bonchev–Trinajstić information content (AvgIpc) is 2.62. The monoisotopic (exact) mass is 341 g/mol. The molecule has 4 heteroatoms. The Kier molecular flexibility index (Phi) is 5.82. The molecule has 0 fully saturated rings. The van der Waals surface area contributed by atoms with Gasteiger partial charge in [-0.3, -0.25) is 0 Å². The molecule has 1 aliphatic heterocycles. The van der Waals surface area contributed by atoms with Crippen LogP contribution in [0, 0.1) is 5.92 Å². The van der Waals surface area contributed by atoms with Gasteiger partial charge in [0.2, 0.25) is 0 Å². The van der Waals surface area contributed by atoms with Gasteiger partial charge in [0.15, 0.2) is 11.5 Å². The predicted molar refractivity (Wildman–Crippen MR) is 99.5 cm³/mol. The van der Waals surface area contributed by atoms with E-state index in [1.165, 1.54) is 11.1 Å². The lowest BCUT2D eigenvalue weighted by molar-refractivity contribution is 0.171. The van der Waals surface area contributed by atoms with Crippen LogP contribution in [-0.2, 0) is 6.54 Å². The lowest BCUT2D eigenvalue weighted by Gasteiger charge is -2.25. The van der Waals surface area contributed by atoms with Gasteiger partial charge in [-0.1, -0.05) is 32.0 Å². The maximum atomic E-state index is 5.73. The maximum Gasteiger partial charge on any atom is 0.161 e. The number of rotatable bonds is 7. The van der Waals surface area contributed by atoms with E-state index in [1.807, 2.05) is 25.1 Å². The van der Waals surface area contributed by atoms with Crippen LogP contribution in [0.15, 0.2) is 42.5 Å². The molecule has 2 aromatic carbocycles. The third kappa shape index (κ3) is 4.45. The Morgan fingerprint density at radius 2 is 1.84 bits per heavy atom. The van der Waals surface area contributed by atoms with E-state index in [-0.39, 0.29) is 6.04 Å². The van der Waals surface area contributed by atoms with Gasteiger partial charge in [0, 0.05) is 12.6 Å². The van der Waals surface area contributed by atoms with Gasteiger partial charge in [-0.15, -0.1) is 0 Å². The van der Waals surface area contributed by atoms with Crippen molar-refractivity contribution in [2.24, 2.45) is 5.92 Å². The molecule has 1 heterocycles. The van der Waals surface area contributed by atoms with E-state index in [0.717, 1.165) is 23.8 Å². The van der Waals surface area contributed by atoms with E-state index in [1.54, 1.807) is 0 Å². The van der Waals surface area contributed by atoms with Crippen molar-refractivity contribution in [3.63, 3.8) is 0 Å². The van der Waals surface area contributed by atoms with Crippen molar-refractivity contribution >= 4 is 0 Å². The van der Waals surface area contributed by atoms with Gasteiger partial charge < -0.3 is 19.5 Å². The van der Waals surface area contributed by atoms with Gasteiger partial charge in [-0.25, -0.2) is 0 Å². The van der Waals surface area contributed by atoms with Crippen molar-refractivity contribution in [1.82, 2.24) is 5.32 Å². The predicted octanol–water partition coefficient (Wildman–Crippen LogP) is 4.34. The summed E-state index contributed by atoms with van der Waals surface area (Å²) in [6.45, 7) is 9.16. The summed E-state index contributed by atoms with van der Waals surface area (Å²) in [4.78, 5) is 0. The van der Waals surface area contributed by atoms with Crippen molar-refractivity contribution in [3.8, 4) is 17.2 Å². The zero-order valence-corrected chi connectivity index (χ0v) is 15.2. The Hall–Kier alpha value is -2.20. The third-order valence-electron chi connectivity index (χ3n) is 4.33. The molecule has 25 heavy (non-hydrogen) atoms. The second kappa shape index (κ2) is 8.26. The number of hydrogen-bond donors (Lipinski definition) is 1. The highest BCUT2D eigenvalue weighted by Crippen LogP contribution is 2.34. The average molecular weight is 341 g/mol. The number of hydrogen-bond acceptors (Lipinski definition) is 4. The molecule has 4 nitrogen and oxygen atoms in total. The normalized spacial score (nSPS) is 14.4. The largest absolute Gasteiger partial charge is 0.494 e. The van der Waals surface area contributed by atoms with E-state index >= 15 is 0 Å². The molecule has 134 valence electrons. The first-order valence-electron chi connectivity index (χ1n) is 9.02. The maximum absolute atomic E-state index is 5.73. The molecule has 0 aliphatic carbocycles. The van der Waals surface area contributed by atoms with E-state index < -0.39 is 0 Å². The topological polar surface area (TPSA) is 39.7 Å². The summed E-state index contributed by atoms with van der Waals surface area (Å²) in [5, 5.41) is 3.68. The lowest BCUT2D eigenvalue weighted by atomic mass is 9.95. The van der Waals surface area contributed by atoms with Gasteiger partial charge in [-0.2, -0.15) is 0 Å². The molecule has 0 aromatic heterocycles. The Balaban J connectivity index is 1.72. The Morgan fingerprint density at radius 3 is 2.60 bits per heavy atom. The summed E-state index contributed by atoms with van der Waals surface area (Å²) >= 11 is 0. The molecule has 1 N–H and O–H groups in total.